The Labute approximate surface area is 180 Å². The molecule has 1 saturated carbocycles. The van der Waals surface area contributed by atoms with Gasteiger partial charge in [-0.15, -0.1) is 0 Å². The van der Waals surface area contributed by atoms with Crippen molar-refractivity contribution < 1.29 is 4.79 Å². The van der Waals surface area contributed by atoms with Gasteiger partial charge in [-0.25, -0.2) is 4.98 Å². The Kier molecular flexibility index (Phi) is 4.22. The van der Waals surface area contributed by atoms with E-state index in [2.05, 4.69) is 62.8 Å². The van der Waals surface area contributed by atoms with Gasteiger partial charge in [-0.3, -0.25) is 9.52 Å². The number of rotatable bonds is 6. The van der Waals surface area contributed by atoms with E-state index >= 15 is 0 Å². The molecule has 4 nitrogen and oxygen atoms in total. The molecule has 150 valence electrons. The largest absolute Gasteiger partial charge is 0.322 e. The smallest absolute Gasteiger partial charge is 0.161 e. The Hall–Kier alpha value is -2.63. The number of nitrogens with one attached hydrogen (secondary N) is 1. The van der Waals surface area contributed by atoms with Crippen LogP contribution in [0.4, 0.5) is 0 Å². The van der Waals surface area contributed by atoms with E-state index in [0.717, 1.165) is 37.0 Å². The molecule has 1 aliphatic heterocycles. The highest BCUT2D eigenvalue weighted by Crippen LogP contribution is 2.51. The average Bonchev–Trinajstić information content (AvgIpc) is 3.35. The minimum atomic E-state index is 0.0674. The summed E-state index contributed by atoms with van der Waals surface area (Å²) in [6.07, 6.45) is 8.24. The van der Waals surface area contributed by atoms with Gasteiger partial charge >= 0.3 is 0 Å². The Morgan fingerprint density at radius 1 is 1.13 bits per heavy atom. The second-order valence-corrected chi connectivity index (χ2v) is 9.53. The van der Waals surface area contributed by atoms with Crippen molar-refractivity contribution in [3.63, 3.8) is 0 Å². The molecular formula is C25H23N3OS. The van der Waals surface area contributed by atoms with Crippen LogP contribution in [0.5, 0.6) is 0 Å². The van der Waals surface area contributed by atoms with E-state index in [9.17, 15) is 4.79 Å². The van der Waals surface area contributed by atoms with Gasteiger partial charge < -0.3 is 4.57 Å². The van der Waals surface area contributed by atoms with E-state index in [0.29, 0.717) is 12.2 Å². The first-order chi connectivity index (χ1) is 14.7. The minimum absolute atomic E-state index is 0.0674. The third-order valence-corrected chi connectivity index (χ3v) is 7.87. The molecule has 1 aromatic heterocycles. The number of benzene rings is 2. The van der Waals surface area contributed by atoms with Crippen LogP contribution in [0.3, 0.4) is 0 Å². The zero-order chi connectivity index (χ0) is 20.1. The number of aromatic nitrogens is 2. The van der Waals surface area contributed by atoms with Crippen LogP contribution >= 0.6 is 11.9 Å². The van der Waals surface area contributed by atoms with Crippen LogP contribution < -0.4 is 4.72 Å². The van der Waals surface area contributed by atoms with Crippen molar-refractivity contribution in [3.8, 4) is 11.3 Å². The molecule has 2 heterocycles. The van der Waals surface area contributed by atoms with Crippen LogP contribution in [0.15, 0.2) is 83.2 Å². The fraction of sp³-hybridized carbons (Fsp3) is 0.280. The number of carbonyl (C=O) groups is 1. The van der Waals surface area contributed by atoms with Gasteiger partial charge in [0.15, 0.2) is 5.78 Å². The zero-order valence-electron chi connectivity index (χ0n) is 16.7. The van der Waals surface area contributed by atoms with Crippen LogP contribution in [0.2, 0.25) is 0 Å². The van der Waals surface area contributed by atoms with Crippen LogP contribution in [-0.4, -0.2) is 20.9 Å². The highest BCUT2D eigenvalue weighted by molar-refractivity contribution is 7.97. The molecule has 2 aromatic carbocycles. The van der Waals surface area contributed by atoms with Gasteiger partial charge in [0.1, 0.15) is 0 Å². The van der Waals surface area contributed by atoms with E-state index < -0.39 is 0 Å². The molecule has 7 rings (SSSR count). The van der Waals surface area contributed by atoms with E-state index in [4.69, 9.17) is 0 Å². The molecule has 30 heavy (non-hydrogen) atoms. The van der Waals surface area contributed by atoms with Crippen LogP contribution in [0.1, 0.15) is 43.7 Å². The van der Waals surface area contributed by atoms with Crippen molar-refractivity contribution in [3.05, 3.63) is 83.8 Å². The van der Waals surface area contributed by atoms with Crippen molar-refractivity contribution in [2.24, 2.45) is 0 Å². The lowest BCUT2D eigenvalue weighted by molar-refractivity contribution is -0.116. The molecule has 4 aliphatic rings. The predicted molar refractivity (Wildman–Crippen MR) is 119 cm³/mol. The quantitative estimate of drug-likeness (QED) is 0.555. The zero-order valence-corrected chi connectivity index (χ0v) is 17.5. The Morgan fingerprint density at radius 3 is 2.73 bits per heavy atom. The van der Waals surface area contributed by atoms with Crippen LogP contribution in [-0.2, 0) is 4.79 Å². The summed E-state index contributed by atoms with van der Waals surface area (Å²) >= 11 is 1.72. The maximum Gasteiger partial charge on any atom is 0.161 e. The van der Waals surface area contributed by atoms with Crippen molar-refractivity contribution in [2.75, 3.05) is 0 Å². The van der Waals surface area contributed by atoms with Crippen molar-refractivity contribution in [1.82, 2.24) is 14.3 Å². The number of allylic oxidation sites excluding steroid dienone is 1. The predicted octanol–water partition coefficient (Wildman–Crippen LogP) is 5.33. The fourth-order valence-electron chi connectivity index (χ4n) is 5.25. The minimum Gasteiger partial charge on any atom is -0.322 e. The van der Waals surface area contributed by atoms with E-state index in [1.54, 1.807) is 11.9 Å². The molecule has 1 N–H and O–H groups in total. The molecule has 5 heteroatoms. The Balaban J connectivity index is 1.16. The van der Waals surface area contributed by atoms with E-state index in [-0.39, 0.29) is 11.6 Å². The first-order valence-corrected chi connectivity index (χ1v) is 11.4. The molecule has 0 saturated heterocycles. The van der Waals surface area contributed by atoms with Gasteiger partial charge in [0.25, 0.3) is 0 Å². The van der Waals surface area contributed by atoms with Crippen LogP contribution in [0.25, 0.3) is 11.3 Å². The SMILES string of the molecule is O=C(CC1c2ccccc2-c2cncn21)C1=C2CC(NSc3ccccc3)(CC1)C2. The van der Waals surface area contributed by atoms with Crippen molar-refractivity contribution >= 4 is 17.7 Å². The molecule has 1 fully saturated rings. The molecule has 3 aromatic rings. The molecular weight excluding hydrogens is 390 g/mol. The Bertz CT molecular complexity index is 1160. The number of fused-ring (bicyclic) bond motifs is 5. The van der Waals surface area contributed by atoms with Gasteiger partial charge in [0, 0.05) is 22.4 Å². The number of hydrogen-bond donors (Lipinski definition) is 1. The molecule has 0 spiro atoms. The summed E-state index contributed by atoms with van der Waals surface area (Å²) in [5, 5.41) is 0. The number of carbonyl (C=O) groups excluding carboxylic acids is 1. The summed E-state index contributed by atoms with van der Waals surface area (Å²) in [4.78, 5) is 18.9. The van der Waals surface area contributed by atoms with E-state index in [1.807, 2.05) is 18.6 Å². The molecule has 0 radical (unpaired) electrons. The van der Waals surface area contributed by atoms with Crippen LogP contribution in [0, 0.1) is 0 Å². The summed E-state index contributed by atoms with van der Waals surface area (Å²) in [7, 11) is 0. The number of imidazole rings is 1. The number of ketones is 1. The van der Waals surface area contributed by atoms with Gasteiger partial charge in [-0.1, -0.05) is 48.0 Å². The maximum absolute atomic E-state index is 13.3. The fourth-order valence-corrected chi connectivity index (χ4v) is 6.13. The summed E-state index contributed by atoms with van der Waals surface area (Å²) in [5.41, 5.74) is 6.19. The molecule has 2 bridgehead atoms. The molecule has 0 amide bonds. The Morgan fingerprint density at radius 2 is 1.93 bits per heavy atom. The summed E-state index contributed by atoms with van der Waals surface area (Å²) in [5.74, 6) is 0.315. The second kappa shape index (κ2) is 6.96. The lowest BCUT2D eigenvalue weighted by Crippen LogP contribution is -2.52. The van der Waals surface area contributed by atoms with Gasteiger partial charge in [-0.2, -0.15) is 0 Å². The van der Waals surface area contributed by atoms with Crippen molar-refractivity contribution in [2.45, 2.75) is 48.6 Å². The van der Waals surface area contributed by atoms with Gasteiger partial charge in [0.05, 0.1) is 24.3 Å². The molecule has 1 unspecified atom stereocenters. The number of Topliss-reactive ketones (excluding diaryl/α,β-unsaturated/α-hetero) is 1. The van der Waals surface area contributed by atoms with Crippen molar-refractivity contribution in [1.29, 1.82) is 0 Å². The maximum atomic E-state index is 13.3. The topological polar surface area (TPSA) is 46.9 Å². The monoisotopic (exact) mass is 413 g/mol. The van der Waals surface area contributed by atoms with Gasteiger partial charge in [-0.05, 0) is 60.9 Å². The standard InChI is InChI=1S/C25H23N3OS/c29-24(12-22-20-8-4-5-9-21(20)23-15-26-16-28(22)23)19-10-11-25(13-17(19)14-25)27-30-18-6-2-1-3-7-18/h1-9,15-16,22,27H,10-14H2. The molecule has 1 atom stereocenters. The number of nitrogens with zero attached hydrogens (tertiary/aromatic N) is 2. The van der Waals surface area contributed by atoms with Gasteiger partial charge in [0.2, 0.25) is 0 Å². The lowest BCUT2D eigenvalue weighted by Gasteiger charge is -2.49. The van der Waals surface area contributed by atoms with E-state index in [1.165, 1.54) is 21.6 Å². The summed E-state index contributed by atoms with van der Waals surface area (Å²) < 4.78 is 5.86. The third kappa shape index (κ3) is 2.88. The first-order valence-electron chi connectivity index (χ1n) is 10.6. The number of hydrogen-bond acceptors (Lipinski definition) is 4. The summed E-state index contributed by atoms with van der Waals surface area (Å²) in [6, 6.07) is 18.9. The third-order valence-electron chi connectivity index (χ3n) is 6.83. The normalized spacial score (nSPS) is 20.5. The summed E-state index contributed by atoms with van der Waals surface area (Å²) in [6.45, 7) is 0. The molecule has 3 aliphatic carbocycles. The highest BCUT2D eigenvalue weighted by Gasteiger charge is 2.46. The second-order valence-electron chi connectivity index (χ2n) is 8.65. The average molecular weight is 414 g/mol. The first kappa shape index (κ1) is 18.2. The lowest BCUT2D eigenvalue weighted by atomic mass is 9.62. The highest BCUT2D eigenvalue weighted by atomic mass is 32.2.